The number of amides is 2. The first kappa shape index (κ1) is 19.9. The van der Waals surface area contributed by atoms with Gasteiger partial charge in [0.15, 0.2) is 0 Å². The third kappa shape index (κ3) is 9.45. The Morgan fingerprint density at radius 3 is 2.33 bits per heavy atom. The Bertz CT molecular complexity index is 306. The number of nitrogens with zero attached hydrogens (tertiary/aromatic N) is 1. The molecular formula is C16H33N3O2. The van der Waals surface area contributed by atoms with Crippen molar-refractivity contribution in [2.45, 2.75) is 65.8 Å². The second-order valence-electron chi connectivity index (χ2n) is 5.92. The lowest BCUT2D eigenvalue weighted by Crippen LogP contribution is -2.43. The molecule has 5 nitrogen and oxygen atoms in total. The third-order valence-electron chi connectivity index (χ3n) is 3.43. The molecule has 0 aromatic carbocycles. The van der Waals surface area contributed by atoms with Gasteiger partial charge in [0.05, 0.1) is 6.54 Å². The number of carbonyl (C=O) groups excluding carboxylic acids is 2. The minimum absolute atomic E-state index is 0.0470. The van der Waals surface area contributed by atoms with Gasteiger partial charge >= 0.3 is 0 Å². The maximum atomic E-state index is 12.4. The van der Waals surface area contributed by atoms with Gasteiger partial charge in [-0.1, -0.05) is 27.2 Å². The molecule has 0 bridgehead atoms. The van der Waals surface area contributed by atoms with Crippen LogP contribution in [0.1, 0.15) is 59.8 Å². The molecule has 5 heteroatoms. The van der Waals surface area contributed by atoms with Crippen molar-refractivity contribution in [3.8, 4) is 0 Å². The molecule has 2 atom stereocenters. The number of rotatable bonds is 11. The molecule has 2 unspecified atom stereocenters. The standard InChI is InChI=1S/C16H33N3O2/c1-5-10-18-15(20)12-19(11-6-2)16(21)13(3)8-7-9-14(4)17/h13-14H,5-12,17H2,1-4H3,(H,18,20). The van der Waals surface area contributed by atoms with Gasteiger partial charge in [0, 0.05) is 25.0 Å². The largest absolute Gasteiger partial charge is 0.355 e. The van der Waals surface area contributed by atoms with Gasteiger partial charge in [-0.15, -0.1) is 0 Å². The van der Waals surface area contributed by atoms with Gasteiger partial charge in [-0.2, -0.15) is 0 Å². The molecule has 21 heavy (non-hydrogen) atoms. The molecule has 0 heterocycles. The minimum Gasteiger partial charge on any atom is -0.355 e. The summed E-state index contributed by atoms with van der Waals surface area (Å²) in [6, 6.07) is 0.180. The molecule has 2 amide bonds. The second-order valence-corrected chi connectivity index (χ2v) is 5.92. The quantitative estimate of drug-likeness (QED) is 0.612. The summed E-state index contributed by atoms with van der Waals surface area (Å²) in [7, 11) is 0. The van der Waals surface area contributed by atoms with Crippen LogP contribution < -0.4 is 11.1 Å². The number of nitrogens with one attached hydrogen (secondary N) is 1. The number of hydrogen-bond acceptors (Lipinski definition) is 3. The molecule has 0 fully saturated rings. The van der Waals surface area contributed by atoms with Crippen LogP contribution in [0, 0.1) is 5.92 Å². The Morgan fingerprint density at radius 2 is 1.81 bits per heavy atom. The fourth-order valence-electron chi connectivity index (χ4n) is 2.21. The molecule has 0 saturated carbocycles. The Balaban J connectivity index is 4.35. The van der Waals surface area contributed by atoms with Crippen LogP contribution in [-0.4, -0.2) is 42.4 Å². The smallest absolute Gasteiger partial charge is 0.239 e. The van der Waals surface area contributed by atoms with Crippen LogP contribution in [-0.2, 0) is 9.59 Å². The summed E-state index contributed by atoms with van der Waals surface area (Å²) >= 11 is 0. The lowest BCUT2D eigenvalue weighted by molar-refractivity contribution is -0.139. The van der Waals surface area contributed by atoms with E-state index < -0.39 is 0 Å². The Kier molecular flexibility index (Phi) is 10.9. The molecule has 0 aromatic rings. The predicted octanol–water partition coefficient (Wildman–Crippen LogP) is 1.90. The van der Waals surface area contributed by atoms with Crippen molar-refractivity contribution in [3.63, 3.8) is 0 Å². The average molecular weight is 299 g/mol. The second kappa shape index (κ2) is 11.5. The van der Waals surface area contributed by atoms with E-state index in [0.29, 0.717) is 13.1 Å². The first-order chi connectivity index (χ1) is 9.92. The lowest BCUT2D eigenvalue weighted by Gasteiger charge is -2.25. The Morgan fingerprint density at radius 1 is 1.14 bits per heavy atom. The summed E-state index contributed by atoms with van der Waals surface area (Å²) in [6.07, 6.45) is 4.48. The SMILES string of the molecule is CCCNC(=O)CN(CCC)C(=O)C(C)CCCC(C)N. The van der Waals surface area contributed by atoms with E-state index in [-0.39, 0.29) is 30.3 Å². The van der Waals surface area contributed by atoms with Crippen LogP contribution in [0.3, 0.4) is 0 Å². The molecule has 3 N–H and O–H groups in total. The van der Waals surface area contributed by atoms with Gasteiger partial charge in [0.25, 0.3) is 0 Å². The number of carbonyl (C=O) groups is 2. The van der Waals surface area contributed by atoms with E-state index in [1.807, 2.05) is 27.7 Å². The van der Waals surface area contributed by atoms with E-state index in [1.54, 1.807) is 4.90 Å². The average Bonchev–Trinajstić information content (AvgIpc) is 2.43. The van der Waals surface area contributed by atoms with Gasteiger partial charge in [-0.05, 0) is 32.6 Å². The zero-order valence-electron chi connectivity index (χ0n) is 14.2. The molecule has 0 rings (SSSR count). The summed E-state index contributed by atoms with van der Waals surface area (Å²) in [5.41, 5.74) is 5.73. The lowest BCUT2D eigenvalue weighted by atomic mass is 10.0. The maximum absolute atomic E-state index is 12.4. The van der Waals surface area contributed by atoms with Crippen LogP contribution in [0.25, 0.3) is 0 Å². The van der Waals surface area contributed by atoms with Crippen molar-refractivity contribution in [1.29, 1.82) is 0 Å². The van der Waals surface area contributed by atoms with Crippen LogP contribution in [0.2, 0.25) is 0 Å². The van der Waals surface area contributed by atoms with Gasteiger partial charge < -0.3 is 16.0 Å². The minimum atomic E-state index is -0.0681. The summed E-state index contributed by atoms with van der Waals surface area (Å²) in [4.78, 5) is 25.9. The van der Waals surface area contributed by atoms with Crippen LogP contribution in [0.4, 0.5) is 0 Å². The monoisotopic (exact) mass is 299 g/mol. The summed E-state index contributed by atoms with van der Waals surface area (Å²) in [5, 5.41) is 2.82. The Hall–Kier alpha value is -1.10. The first-order valence-electron chi connectivity index (χ1n) is 8.23. The zero-order chi connectivity index (χ0) is 16.3. The summed E-state index contributed by atoms with van der Waals surface area (Å²) < 4.78 is 0. The van der Waals surface area contributed by atoms with Crippen LogP contribution in [0.15, 0.2) is 0 Å². The van der Waals surface area contributed by atoms with Gasteiger partial charge in [0.2, 0.25) is 11.8 Å². The van der Waals surface area contributed by atoms with Crippen molar-refractivity contribution >= 4 is 11.8 Å². The fourth-order valence-corrected chi connectivity index (χ4v) is 2.21. The Labute approximate surface area is 129 Å². The topological polar surface area (TPSA) is 75.4 Å². The highest BCUT2D eigenvalue weighted by Gasteiger charge is 2.21. The summed E-state index contributed by atoms with van der Waals surface area (Å²) in [5.74, 6) is -0.0381. The third-order valence-corrected chi connectivity index (χ3v) is 3.43. The highest BCUT2D eigenvalue weighted by atomic mass is 16.2. The normalized spacial score (nSPS) is 13.6. The van der Waals surface area contributed by atoms with Crippen LogP contribution in [0.5, 0.6) is 0 Å². The molecular weight excluding hydrogens is 266 g/mol. The molecule has 0 saturated heterocycles. The van der Waals surface area contributed by atoms with Crippen molar-refractivity contribution < 1.29 is 9.59 Å². The highest BCUT2D eigenvalue weighted by Crippen LogP contribution is 2.12. The molecule has 0 spiro atoms. The van der Waals surface area contributed by atoms with Gasteiger partial charge in [-0.3, -0.25) is 9.59 Å². The molecule has 0 radical (unpaired) electrons. The molecule has 0 aliphatic heterocycles. The van der Waals surface area contributed by atoms with Crippen molar-refractivity contribution in [2.24, 2.45) is 11.7 Å². The zero-order valence-corrected chi connectivity index (χ0v) is 14.2. The van der Waals surface area contributed by atoms with Crippen LogP contribution >= 0.6 is 0 Å². The van der Waals surface area contributed by atoms with E-state index in [2.05, 4.69) is 5.32 Å². The number of nitrogens with two attached hydrogens (primary N) is 1. The highest BCUT2D eigenvalue weighted by molar-refractivity contribution is 5.85. The van der Waals surface area contributed by atoms with Gasteiger partial charge in [0.1, 0.15) is 0 Å². The van der Waals surface area contributed by atoms with Crippen molar-refractivity contribution in [1.82, 2.24) is 10.2 Å². The summed E-state index contributed by atoms with van der Waals surface area (Å²) in [6.45, 7) is 9.42. The molecule has 0 aromatic heterocycles. The van der Waals surface area contributed by atoms with Crippen molar-refractivity contribution in [2.75, 3.05) is 19.6 Å². The van der Waals surface area contributed by atoms with Gasteiger partial charge in [-0.25, -0.2) is 0 Å². The molecule has 0 aliphatic rings. The van der Waals surface area contributed by atoms with E-state index >= 15 is 0 Å². The first-order valence-corrected chi connectivity index (χ1v) is 8.23. The van der Waals surface area contributed by atoms with E-state index in [4.69, 9.17) is 5.73 Å². The molecule has 0 aliphatic carbocycles. The molecule has 124 valence electrons. The number of hydrogen-bond donors (Lipinski definition) is 2. The van der Waals surface area contributed by atoms with Crippen molar-refractivity contribution in [3.05, 3.63) is 0 Å². The van der Waals surface area contributed by atoms with E-state index in [9.17, 15) is 9.59 Å². The van der Waals surface area contributed by atoms with E-state index in [1.165, 1.54) is 0 Å². The fraction of sp³-hybridized carbons (Fsp3) is 0.875. The van der Waals surface area contributed by atoms with E-state index in [0.717, 1.165) is 32.1 Å². The predicted molar refractivity (Wildman–Crippen MR) is 86.8 cm³/mol. The maximum Gasteiger partial charge on any atom is 0.239 e.